The fourth-order valence-corrected chi connectivity index (χ4v) is 5.11. The number of nitrogens with one attached hydrogen (secondary N) is 1. The number of fused-ring (bicyclic) bond motifs is 3. The maximum atomic E-state index is 13.4. The number of carboxylic acids is 1. The van der Waals surface area contributed by atoms with Crippen LogP contribution in [0.3, 0.4) is 0 Å². The lowest BCUT2D eigenvalue weighted by atomic mass is 9.85. The molecule has 0 spiro atoms. The number of aliphatic carboxylic acids is 1. The first-order valence-electron chi connectivity index (χ1n) is 11.8. The number of hydrogen-bond acceptors (Lipinski definition) is 4. The predicted octanol–water partition coefficient (Wildman–Crippen LogP) is 4.41. The van der Waals surface area contributed by atoms with Crippen LogP contribution >= 0.6 is 0 Å². The highest BCUT2D eigenvalue weighted by molar-refractivity contribution is 5.87. The molecule has 2 aromatic rings. The van der Waals surface area contributed by atoms with Crippen LogP contribution in [0.5, 0.6) is 0 Å². The molecule has 34 heavy (non-hydrogen) atoms. The number of amides is 2. The van der Waals surface area contributed by atoms with E-state index in [0.29, 0.717) is 13.0 Å². The minimum absolute atomic E-state index is 0.0690. The van der Waals surface area contributed by atoms with Crippen molar-refractivity contribution in [3.05, 3.63) is 59.7 Å². The summed E-state index contributed by atoms with van der Waals surface area (Å²) in [6.07, 6.45) is 0.669. The Hall–Kier alpha value is -3.35. The van der Waals surface area contributed by atoms with Crippen LogP contribution in [-0.4, -0.2) is 53.2 Å². The van der Waals surface area contributed by atoms with Crippen molar-refractivity contribution in [3.63, 3.8) is 0 Å². The molecule has 0 unspecified atom stereocenters. The molecule has 2 amide bonds. The molecule has 180 valence electrons. The van der Waals surface area contributed by atoms with Crippen molar-refractivity contribution in [1.29, 1.82) is 0 Å². The minimum Gasteiger partial charge on any atom is -0.481 e. The normalized spacial score (nSPS) is 18.2. The third kappa shape index (κ3) is 4.79. The van der Waals surface area contributed by atoms with E-state index in [4.69, 9.17) is 4.74 Å². The van der Waals surface area contributed by atoms with E-state index in [0.717, 1.165) is 28.7 Å². The molecule has 2 atom stereocenters. The number of rotatable bonds is 6. The van der Waals surface area contributed by atoms with Gasteiger partial charge in [0, 0.05) is 18.5 Å². The van der Waals surface area contributed by atoms with E-state index in [1.165, 1.54) is 0 Å². The van der Waals surface area contributed by atoms with E-state index in [1.807, 2.05) is 45.0 Å². The molecule has 1 aliphatic heterocycles. The lowest BCUT2D eigenvalue weighted by Gasteiger charge is -2.35. The average molecular weight is 465 g/mol. The standard InChI is InChI=1S/C27H32N2O5/c1-27(2,3)24(25(32)29-14-8-9-17(29)15-23(30)31)28-26(33)34-16-22-20-12-6-4-10-18(20)19-11-5-7-13-21(19)22/h4-7,10-13,17,22,24H,8-9,14-16H2,1-3H3,(H,28,33)(H,30,31)/t17-,24-/m1/s1. The quantitative estimate of drug-likeness (QED) is 0.660. The van der Waals surface area contributed by atoms with Gasteiger partial charge in [-0.3, -0.25) is 9.59 Å². The maximum absolute atomic E-state index is 13.4. The maximum Gasteiger partial charge on any atom is 0.407 e. The lowest BCUT2D eigenvalue weighted by molar-refractivity contribution is -0.141. The molecule has 2 N–H and O–H groups in total. The minimum atomic E-state index is -0.929. The van der Waals surface area contributed by atoms with Crippen LogP contribution < -0.4 is 5.32 Å². The smallest absolute Gasteiger partial charge is 0.407 e. The molecule has 1 saturated heterocycles. The van der Waals surface area contributed by atoms with E-state index in [1.54, 1.807) is 4.90 Å². The van der Waals surface area contributed by atoms with E-state index in [9.17, 15) is 19.5 Å². The largest absolute Gasteiger partial charge is 0.481 e. The number of carbonyl (C=O) groups excluding carboxylic acids is 2. The van der Waals surface area contributed by atoms with E-state index < -0.39 is 23.5 Å². The Morgan fingerprint density at radius 3 is 2.21 bits per heavy atom. The second-order valence-corrected chi connectivity index (χ2v) is 10.2. The van der Waals surface area contributed by atoms with E-state index >= 15 is 0 Å². The molecule has 2 aliphatic rings. The zero-order valence-corrected chi connectivity index (χ0v) is 19.9. The van der Waals surface area contributed by atoms with Crippen LogP contribution in [0.4, 0.5) is 4.79 Å². The van der Waals surface area contributed by atoms with Gasteiger partial charge in [0.1, 0.15) is 12.6 Å². The second kappa shape index (κ2) is 9.49. The van der Waals surface area contributed by atoms with Crippen molar-refractivity contribution in [1.82, 2.24) is 10.2 Å². The highest BCUT2D eigenvalue weighted by Crippen LogP contribution is 2.44. The van der Waals surface area contributed by atoms with Gasteiger partial charge in [-0.15, -0.1) is 0 Å². The monoisotopic (exact) mass is 464 g/mol. The molecule has 1 aliphatic carbocycles. The van der Waals surface area contributed by atoms with E-state index in [-0.39, 0.29) is 30.9 Å². The molecule has 1 heterocycles. The van der Waals surface area contributed by atoms with Crippen LogP contribution in [0.1, 0.15) is 57.1 Å². The number of alkyl carbamates (subject to hydrolysis) is 1. The van der Waals surface area contributed by atoms with Crippen molar-refractivity contribution in [2.24, 2.45) is 5.41 Å². The van der Waals surface area contributed by atoms with Crippen LogP contribution in [-0.2, 0) is 14.3 Å². The van der Waals surface area contributed by atoms with Gasteiger partial charge in [-0.25, -0.2) is 4.79 Å². The molecule has 0 saturated carbocycles. The highest BCUT2D eigenvalue weighted by atomic mass is 16.5. The lowest BCUT2D eigenvalue weighted by Crippen LogP contribution is -2.56. The molecule has 0 aromatic heterocycles. The molecule has 7 heteroatoms. The molecule has 4 rings (SSSR count). The van der Waals surface area contributed by atoms with Gasteiger partial charge in [0.25, 0.3) is 0 Å². The van der Waals surface area contributed by atoms with Crippen LogP contribution in [0.2, 0.25) is 0 Å². The number of carboxylic acid groups (broad SMARTS) is 1. The van der Waals surface area contributed by atoms with Crippen LogP contribution in [0.15, 0.2) is 48.5 Å². The van der Waals surface area contributed by atoms with E-state index in [2.05, 4.69) is 29.6 Å². The van der Waals surface area contributed by atoms with Gasteiger partial charge in [-0.1, -0.05) is 69.3 Å². The van der Waals surface area contributed by atoms with Crippen molar-refractivity contribution in [2.75, 3.05) is 13.2 Å². The van der Waals surface area contributed by atoms with Gasteiger partial charge < -0.3 is 20.1 Å². The molecular weight excluding hydrogens is 432 g/mol. The first-order chi connectivity index (χ1) is 16.2. The summed E-state index contributed by atoms with van der Waals surface area (Å²) in [4.78, 5) is 39.1. The SMILES string of the molecule is CC(C)(C)[C@H](NC(=O)OCC1c2ccccc2-c2ccccc21)C(=O)N1CCC[C@@H]1CC(=O)O. The summed E-state index contributed by atoms with van der Waals surface area (Å²) in [5.41, 5.74) is 3.96. The van der Waals surface area contributed by atoms with Gasteiger partial charge in [0.05, 0.1) is 6.42 Å². The molecule has 7 nitrogen and oxygen atoms in total. The van der Waals surface area contributed by atoms with Gasteiger partial charge in [-0.2, -0.15) is 0 Å². The van der Waals surface area contributed by atoms with Gasteiger partial charge in [0.2, 0.25) is 5.91 Å². The molecule has 0 radical (unpaired) electrons. The average Bonchev–Trinajstić information content (AvgIpc) is 3.37. The Morgan fingerprint density at radius 2 is 1.65 bits per heavy atom. The van der Waals surface area contributed by atoms with Gasteiger partial charge >= 0.3 is 12.1 Å². The number of carbonyl (C=O) groups is 3. The van der Waals surface area contributed by atoms with Gasteiger partial charge in [-0.05, 0) is 40.5 Å². The van der Waals surface area contributed by atoms with Crippen molar-refractivity contribution in [3.8, 4) is 11.1 Å². The fourth-order valence-electron chi connectivity index (χ4n) is 5.11. The number of nitrogens with zero attached hydrogens (tertiary/aromatic N) is 1. The predicted molar refractivity (Wildman–Crippen MR) is 128 cm³/mol. The summed E-state index contributed by atoms with van der Waals surface area (Å²) >= 11 is 0. The Balaban J connectivity index is 1.45. The molecular formula is C27H32N2O5. The van der Waals surface area contributed by atoms with Crippen molar-refractivity contribution < 1.29 is 24.2 Å². The Labute approximate surface area is 200 Å². The summed E-state index contributed by atoms with van der Waals surface area (Å²) in [5, 5.41) is 12.0. The van der Waals surface area contributed by atoms with Crippen molar-refractivity contribution >= 4 is 18.0 Å². The van der Waals surface area contributed by atoms with Crippen LogP contribution in [0.25, 0.3) is 11.1 Å². The zero-order valence-electron chi connectivity index (χ0n) is 19.9. The number of hydrogen-bond donors (Lipinski definition) is 2. The summed E-state index contributed by atoms with van der Waals surface area (Å²) in [5.74, 6) is -1.26. The molecule has 0 bridgehead atoms. The summed E-state index contributed by atoms with van der Waals surface area (Å²) in [6, 6.07) is 15.1. The van der Waals surface area contributed by atoms with Crippen molar-refractivity contribution in [2.45, 2.75) is 58.0 Å². The topological polar surface area (TPSA) is 95.9 Å². The number of likely N-dealkylation sites (tertiary alicyclic amines) is 1. The molecule has 1 fully saturated rings. The Kier molecular flexibility index (Phi) is 6.64. The highest BCUT2D eigenvalue weighted by Gasteiger charge is 2.40. The third-order valence-corrected chi connectivity index (χ3v) is 6.79. The summed E-state index contributed by atoms with van der Waals surface area (Å²) in [6.45, 7) is 6.29. The Morgan fingerprint density at radius 1 is 1.06 bits per heavy atom. The van der Waals surface area contributed by atoms with Gasteiger partial charge in [0.15, 0.2) is 0 Å². The Bertz CT molecular complexity index is 1040. The van der Waals surface area contributed by atoms with Crippen LogP contribution in [0, 0.1) is 5.41 Å². The molecule has 2 aromatic carbocycles. The first kappa shape index (κ1) is 23.8. The number of ether oxygens (including phenoxy) is 1. The fraction of sp³-hybridized carbons (Fsp3) is 0.444. The summed E-state index contributed by atoms with van der Waals surface area (Å²) in [7, 11) is 0. The zero-order chi connectivity index (χ0) is 24.5. The second-order valence-electron chi connectivity index (χ2n) is 10.2. The number of benzene rings is 2. The first-order valence-corrected chi connectivity index (χ1v) is 11.8. The summed E-state index contributed by atoms with van der Waals surface area (Å²) < 4.78 is 5.65. The third-order valence-electron chi connectivity index (χ3n) is 6.79.